The first-order valence-electron chi connectivity index (χ1n) is 10.3. The van der Waals surface area contributed by atoms with Crippen molar-refractivity contribution in [2.24, 2.45) is 5.92 Å². The summed E-state index contributed by atoms with van der Waals surface area (Å²) in [5, 5.41) is 6.42. The zero-order valence-corrected chi connectivity index (χ0v) is 16.2. The van der Waals surface area contributed by atoms with Crippen LogP contribution >= 0.6 is 0 Å². The third kappa shape index (κ3) is 4.62. The molecule has 2 N–H and O–H groups in total. The van der Waals surface area contributed by atoms with Crippen molar-refractivity contribution in [1.82, 2.24) is 4.98 Å². The minimum atomic E-state index is 0.125. The van der Waals surface area contributed by atoms with Crippen LogP contribution < -0.4 is 15.5 Å². The van der Waals surface area contributed by atoms with Crippen LogP contribution in [0.3, 0.4) is 0 Å². The summed E-state index contributed by atoms with van der Waals surface area (Å²) in [4.78, 5) is 19.2. The minimum absolute atomic E-state index is 0.125. The molecular formula is C22H28N4O2. The van der Waals surface area contributed by atoms with E-state index in [0.717, 1.165) is 74.9 Å². The molecule has 0 bridgehead atoms. The third-order valence-electron chi connectivity index (χ3n) is 5.53. The van der Waals surface area contributed by atoms with Gasteiger partial charge < -0.3 is 20.3 Å². The second kappa shape index (κ2) is 9.06. The van der Waals surface area contributed by atoms with Crippen molar-refractivity contribution < 1.29 is 9.53 Å². The fraction of sp³-hybridized carbons (Fsp3) is 0.455. The first kappa shape index (κ1) is 18.7. The largest absolute Gasteiger partial charge is 0.378 e. The number of aromatic nitrogens is 1. The van der Waals surface area contributed by atoms with E-state index in [0.29, 0.717) is 0 Å². The monoisotopic (exact) mass is 380 g/mol. The molecule has 1 aromatic heterocycles. The highest BCUT2D eigenvalue weighted by Crippen LogP contribution is 2.29. The van der Waals surface area contributed by atoms with Crippen LogP contribution in [0, 0.1) is 5.92 Å². The van der Waals surface area contributed by atoms with Gasteiger partial charge in [-0.1, -0.05) is 31.4 Å². The molecule has 6 heteroatoms. The smallest absolute Gasteiger partial charge is 0.227 e. The molecule has 0 radical (unpaired) electrons. The van der Waals surface area contributed by atoms with E-state index in [2.05, 4.69) is 32.7 Å². The quantitative estimate of drug-likeness (QED) is 0.815. The van der Waals surface area contributed by atoms with Crippen molar-refractivity contribution in [1.29, 1.82) is 0 Å². The summed E-state index contributed by atoms with van der Waals surface area (Å²) in [6.07, 6.45) is 7.27. The Balaban J connectivity index is 1.40. The summed E-state index contributed by atoms with van der Waals surface area (Å²) in [6, 6.07) is 12.1. The molecule has 1 saturated heterocycles. The lowest BCUT2D eigenvalue weighted by molar-refractivity contribution is -0.120. The number of carbonyl (C=O) groups excluding carboxylic acids is 1. The Labute approximate surface area is 166 Å². The van der Waals surface area contributed by atoms with E-state index in [4.69, 9.17) is 4.74 Å². The first-order valence-corrected chi connectivity index (χ1v) is 10.3. The summed E-state index contributed by atoms with van der Waals surface area (Å²) in [7, 11) is 0. The normalized spacial score (nSPS) is 17.9. The van der Waals surface area contributed by atoms with Crippen LogP contribution in [-0.2, 0) is 9.53 Å². The molecule has 28 heavy (non-hydrogen) atoms. The van der Waals surface area contributed by atoms with Crippen LogP contribution in [-0.4, -0.2) is 37.2 Å². The molecule has 0 spiro atoms. The van der Waals surface area contributed by atoms with Gasteiger partial charge in [0.1, 0.15) is 5.82 Å². The Bertz CT molecular complexity index is 781. The predicted octanol–water partition coefficient (Wildman–Crippen LogP) is 4.18. The average molecular weight is 380 g/mol. The molecule has 4 rings (SSSR count). The number of amides is 1. The number of nitrogens with one attached hydrogen (secondary N) is 2. The van der Waals surface area contributed by atoms with Crippen molar-refractivity contribution in [3.8, 4) is 0 Å². The molecule has 0 unspecified atom stereocenters. The topological polar surface area (TPSA) is 66.5 Å². The zero-order valence-electron chi connectivity index (χ0n) is 16.2. The lowest BCUT2D eigenvalue weighted by Crippen LogP contribution is -2.36. The number of benzene rings is 1. The van der Waals surface area contributed by atoms with Crippen molar-refractivity contribution in [2.45, 2.75) is 32.1 Å². The number of carbonyl (C=O) groups is 1. The number of rotatable bonds is 5. The van der Waals surface area contributed by atoms with Gasteiger partial charge in [-0.25, -0.2) is 4.98 Å². The van der Waals surface area contributed by atoms with Crippen molar-refractivity contribution >= 4 is 28.8 Å². The maximum absolute atomic E-state index is 12.4. The van der Waals surface area contributed by atoms with E-state index in [1.807, 2.05) is 24.3 Å². The third-order valence-corrected chi connectivity index (χ3v) is 5.53. The molecule has 1 aliphatic heterocycles. The molecule has 148 valence electrons. The van der Waals surface area contributed by atoms with Gasteiger partial charge in [-0.15, -0.1) is 0 Å². The zero-order chi connectivity index (χ0) is 19.2. The molecular weight excluding hydrogens is 352 g/mol. The van der Waals surface area contributed by atoms with Crippen molar-refractivity contribution in [3.05, 3.63) is 42.6 Å². The summed E-state index contributed by atoms with van der Waals surface area (Å²) in [6.45, 7) is 3.28. The molecule has 2 aromatic rings. The van der Waals surface area contributed by atoms with Gasteiger partial charge >= 0.3 is 0 Å². The summed E-state index contributed by atoms with van der Waals surface area (Å²) < 4.78 is 5.46. The number of morpholine rings is 1. The van der Waals surface area contributed by atoms with Gasteiger partial charge in [-0.3, -0.25) is 4.79 Å². The van der Waals surface area contributed by atoms with E-state index in [1.54, 1.807) is 6.20 Å². The van der Waals surface area contributed by atoms with Gasteiger partial charge in [-0.2, -0.15) is 0 Å². The Morgan fingerprint density at radius 3 is 2.57 bits per heavy atom. The number of pyridine rings is 1. The van der Waals surface area contributed by atoms with Crippen LogP contribution in [0.1, 0.15) is 32.1 Å². The summed E-state index contributed by atoms with van der Waals surface area (Å²) in [5.74, 6) is 1.03. The average Bonchev–Trinajstić information content (AvgIpc) is 2.77. The Kier molecular flexibility index (Phi) is 6.07. The fourth-order valence-electron chi connectivity index (χ4n) is 3.95. The van der Waals surface area contributed by atoms with Crippen LogP contribution in [0.5, 0.6) is 0 Å². The Hall–Kier alpha value is -2.60. The van der Waals surface area contributed by atoms with E-state index in [9.17, 15) is 4.79 Å². The van der Waals surface area contributed by atoms with Gasteiger partial charge in [-0.05, 0) is 37.1 Å². The highest BCUT2D eigenvalue weighted by molar-refractivity contribution is 5.92. The highest BCUT2D eigenvalue weighted by atomic mass is 16.5. The Morgan fingerprint density at radius 2 is 1.82 bits per heavy atom. The number of hydrogen-bond acceptors (Lipinski definition) is 5. The Morgan fingerprint density at radius 1 is 1.04 bits per heavy atom. The van der Waals surface area contributed by atoms with Crippen molar-refractivity contribution in [3.63, 3.8) is 0 Å². The van der Waals surface area contributed by atoms with Gasteiger partial charge in [0, 0.05) is 19.0 Å². The molecule has 2 heterocycles. The highest BCUT2D eigenvalue weighted by Gasteiger charge is 2.21. The molecule has 1 aromatic carbocycles. The van der Waals surface area contributed by atoms with E-state index >= 15 is 0 Å². The van der Waals surface area contributed by atoms with Gasteiger partial charge in [0.15, 0.2) is 0 Å². The van der Waals surface area contributed by atoms with Crippen LogP contribution in [0.2, 0.25) is 0 Å². The lowest BCUT2D eigenvalue weighted by atomic mass is 9.88. The summed E-state index contributed by atoms with van der Waals surface area (Å²) >= 11 is 0. The number of ether oxygens (including phenoxy) is 1. The van der Waals surface area contributed by atoms with E-state index in [1.165, 1.54) is 6.42 Å². The molecule has 2 fully saturated rings. The second-order valence-electron chi connectivity index (χ2n) is 7.50. The molecule has 1 saturated carbocycles. The van der Waals surface area contributed by atoms with Crippen LogP contribution in [0.4, 0.5) is 22.9 Å². The first-order chi connectivity index (χ1) is 13.8. The number of para-hydroxylation sites is 2. The van der Waals surface area contributed by atoms with Gasteiger partial charge in [0.25, 0.3) is 0 Å². The van der Waals surface area contributed by atoms with E-state index < -0.39 is 0 Å². The lowest BCUT2D eigenvalue weighted by Gasteiger charge is -2.30. The summed E-state index contributed by atoms with van der Waals surface area (Å²) in [5.41, 5.74) is 2.93. The van der Waals surface area contributed by atoms with Gasteiger partial charge in [0.05, 0.1) is 36.5 Å². The van der Waals surface area contributed by atoms with Crippen LogP contribution in [0.25, 0.3) is 0 Å². The molecule has 1 amide bonds. The molecule has 6 nitrogen and oxygen atoms in total. The second-order valence-corrected chi connectivity index (χ2v) is 7.50. The molecule has 0 atom stereocenters. The number of nitrogens with zero attached hydrogens (tertiary/aromatic N) is 2. The maximum Gasteiger partial charge on any atom is 0.227 e. The van der Waals surface area contributed by atoms with Gasteiger partial charge in [0.2, 0.25) is 5.91 Å². The maximum atomic E-state index is 12.4. The van der Waals surface area contributed by atoms with Crippen LogP contribution in [0.15, 0.2) is 42.6 Å². The standard InChI is InChI=1S/C22H28N4O2/c27-22(17-6-2-1-3-7-17)24-18-10-11-21(23-16-18)25-19-8-4-5-9-20(19)26-12-14-28-15-13-26/h4-5,8-11,16-17H,1-3,6-7,12-15H2,(H,23,25)(H,24,27). The van der Waals surface area contributed by atoms with Crippen molar-refractivity contribution in [2.75, 3.05) is 41.8 Å². The molecule has 2 aliphatic rings. The predicted molar refractivity (Wildman–Crippen MR) is 112 cm³/mol. The fourth-order valence-corrected chi connectivity index (χ4v) is 3.95. The minimum Gasteiger partial charge on any atom is -0.378 e. The van der Waals surface area contributed by atoms with E-state index in [-0.39, 0.29) is 11.8 Å². The number of anilines is 4. The SMILES string of the molecule is O=C(Nc1ccc(Nc2ccccc2N2CCOCC2)nc1)C1CCCCC1. The molecule has 1 aliphatic carbocycles. The number of hydrogen-bond donors (Lipinski definition) is 2.